The Morgan fingerprint density at radius 2 is 2.33 bits per heavy atom. The first-order valence-electron chi connectivity index (χ1n) is 4.50. The Morgan fingerprint density at radius 1 is 1.47 bits per heavy atom. The van der Waals surface area contributed by atoms with E-state index in [2.05, 4.69) is 9.97 Å². The van der Waals surface area contributed by atoms with E-state index in [0.717, 1.165) is 21.5 Å². The third-order valence-electron chi connectivity index (χ3n) is 1.82. The van der Waals surface area contributed by atoms with E-state index in [4.69, 9.17) is 5.73 Å². The van der Waals surface area contributed by atoms with Gasteiger partial charge in [-0.1, -0.05) is 11.8 Å². The zero-order chi connectivity index (χ0) is 10.7. The number of nitrogens with zero attached hydrogens (tertiary/aromatic N) is 2. The van der Waals surface area contributed by atoms with Crippen molar-refractivity contribution in [3.8, 4) is 0 Å². The summed E-state index contributed by atoms with van der Waals surface area (Å²) >= 11 is 3.36. The second-order valence-corrected chi connectivity index (χ2v) is 5.32. The minimum absolute atomic E-state index is 0.740. The van der Waals surface area contributed by atoms with E-state index in [-0.39, 0.29) is 0 Å². The number of aryl methyl sites for hydroxylation is 1. The molecule has 2 N–H and O–H groups in total. The molecule has 0 atom stereocenters. The molecule has 2 aromatic heterocycles. The van der Waals surface area contributed by atoms with Crippen LogP contribution < -0.4 is 5.73 Å². The number of hydrogen-bond acceptors (Lipinski definition) is 5. The van der Waals surface area contributed by atoms with Crippen LogP contribution in [-0.4, -0.2) is 9.97 Å². The van der Waals surface area contributed by atoms with E-state index in [0.29, 0.717) is 0 Å². The number of aromatic nitrogens is 2. The van der Waals surface area contributed by atoms with Gasteiger partial charge in [-0.15, -0.1) is 11.3 Å². The molecule has 0 radical (unpaired) electrons. The summed E-state index contributed by atoms with van der Waals surface area (Å²) in [4.78, 5) is 9.68. The molecule has 0 spiro atoms. The Labute approximate surface area is 96.8 Å². The molecule has 3 nitrogen and oxygen atoms in total. The lowest BCUT2D eigenvalue weighted by Gasteiger charge is -2.01. The summed E-state index contributed by atoms with van der Waals surface area (Å²) in [6.07, 6.45) is 3.67. The summed E-state index contributed by atoms with van der Waals surface area (Å²) in [5.41, 5.74) is 6.53. The first-order valence-corrected chi connectivity index (χ1v) is 6.30. The van der Waals surface area contributed by atoms with Crippen LogP contribution in [0, 0.1) is 6.92 Å². The van der Waals surface area contributed by atoms with Crippen LogP contribution in [0.4, 0.5) is 5.69 Å². The average molecular weight is 237 g/mol. The van der Waals surface area contributed by atoms with Gasteiger partial charge < -0.3 is 5.73 Å². The van der Waals surface area contributed by atoms with E-state index in [1.54, 1.807) is 29.3 Å². The predicted molar refractivity (Wildman–Crippen MR) is 65.1 cm³/mol. The van der Waals surface area contributed by atoms with Gasteiger partial charge in [0.25, 0.3) is 0 Å². The largest absolute Gasteiger partial charge is 0.397 e. The number of hydrogen-bond donors (Lipinski definition) is 1. The summed E-state index contributed by atoms with van der Waals surface area (Å²) in [6, 6.07) is 3.71. The SMILES string of the molecule is Cc1ncc(CSc2ncccc2N)s1. The Morgan fingerprint density at radius 3 is 3.00 bits per heavy atom. The van der Waals surface area contributed by atoms with E-state index in [9.17, 15) is 0 Å². The second-order valence-electron chi connectivity index (χ2n) is 3.03. The minimum atomic E-state index is 0.740. The van der Waals surface area contributed by atoms with Crippen LogP contribution in [-0.2, 0) is 5.75 Å². The fraction of sp³-hybridized carbons (Fsp3) is 0.200. The molecule has 0 aliphatic carbocycles. The molecule has 0 fully saturated rings. The molecule has 0 saturated carbocycles. The maximum Gasteiger partial charge on any atom is 0.119 e. The number of nitrogen functional groups attached to an aromatic ring is 1. The normalized spacial score (nSPS) is 10.5. The van der Waals surface area contributed by atoms with Gasteiger partial charge in [0.15, 0.2) is 0 Å². The van der Waals surface area contributed by atoms with Crippen LogP contribution in [0.15, 0.2) is 29.6 Å². The Hall–Kier alpha value is -1.07. The molecular formula is C10H11N3S2. The van der Waals surface area contributed by atoms with Crippen molar-refractivity contribution in [3.05, 3.63) is 34.4 Å². The summed E-state index contributed by atoms with van der Waals surface area (Å²) < 4.78 is 0. The second kappa shape index (κ2) is 4.63. The maximum absolute atomic E-state index is 5.79. The zero-order valence-electron chi connectivity index (χ0n) is 8.30. The molecule has 0 amide bonds. The van der Waals surface area contributed by atoms with Gasteiger partial charge in [-0.05, 0) is 19.1 Å². The predicted octanol–water partition coefficient (Wildman–Crippen LogP) is 2.72. The van der Waals surface area contributed by atoms with Crippen molar-refractivity contribution in [1.82, 2.24) is 9.97 Å². The van der Waals surface area contributed by atoms with Gasteiger partial charge in [0.1, 0.15) is 5.03 Å². The molecule has 15 heavy (non-hydrogen) atoms. The highest BCUT2D eigenvalue weighted by Gasteiger charge is 2.03. The smallest absolute Gasteiger partial charge is 0.119 e. The summed E-state index contributed by atoms with van der Waals surface area (Å²) in [5, 5.41) is 1.99. The van der Waals surface area contributed by atoms with Crippen molar-refractivity contribution in [2.75, 3.05) is 5.73 Å². The highest BCUT2D eigenvalue weighted by atomic mass is 32.2. The molecule has 0 bridgehead atoms. The number of thiazole rings is 1. The zero-order valence-corrected chi connectivity index (χ0v) is 9.94. The highest BCUT2D eigenvalue weighted by molar-refractivity contribution is 7.98. The molecular weight excluding hydrogens is 226 g/mol. The van der Waals surface area contributed by atoms with Gasteiger partial charge in [-0.25, -0.2) is 9.97 Å². The van der Waals surface area contributed by atoms with Gasteiger partial charge in [0, 0.05) is 23.0 Å². The molecule has 0 unspecified atom stereocenters. The molecule has 0 aliphatic rings. The van der Waals surface area contributed by atoms with Crippen LogP contribution in [0.5, 0.6) is 0 Å². The van der Waals surface area contributed by atoms with Crippen LogP contribution in [0.25, 0.3) is 0 Å². The van der Waals surface area contributed by atoms with E-state index in [1.165, 1.54) is 4.88 Å². The molecule has 78 valence electrons. The fourth-order valence-corrected chi connectivity index (χ4v) is 2.86. The molecule has 0 aromatic carbocycles. The van der Waals surface area contributed by atoms with E-state index < -0.39 is 0 Å². The Balaban J connectivity index is 2.02. The summed E-state index contributed by atoms with van der Waals surface area (Å²) in [5.74, 6) is 0.882. The standard InChI is InChI=1S/C10H11N3S2/c1-7-13-5-8(15-7)6-14-10-9(11)3-2-4-12-10/h2-5H,6,11H2,1H3. The van der Waals surface area contributed by atoms with E-state index in [1.807, 2.05) is 25.3 Å². The minimum Gasteiger partial charge on any atom is -0.397 e. The van der Waals surface area contributed by atoms with Gasteiger partial charge in [-0.2, -0.15) is 0 Å². The molecule has 2 aromatic rings. The number of nitrogens with two attached hydrogens (primary N) is 1. The number of anilines is 1. The Kier molecular flexibility index (Phi) is 3.23. The van der Waals surface area contributed by atoms with Crippen molar-refractivity contribution < 1.29 is 0 Å². The first kappa shape index (κ1) is 10.4. The molecule has 2 rings (SSSR count). The van der Waals surface area contributed by atoms with Crippen LogP contribution in [0.2, 0.25) is 0 Å². The number of pyridine rings is 1. The molecule has 2 heterocycles. The van der Waals surface area contributed by atoms with Crippen LogP contribution >= 0.6 is 23.1 Å². The summed E-state index contributed by atoms with van der Waals surface area (Å²) in [6.45, 7) is 2.01. The quantitative estimate of drug-likeness (QED) is 0.834. The lowest BCUT2D eigenvalue weighted by Crippen LogP contribution is -1.90. The average Bonchev–Trinajstić information content (AvgIpc) is 2.63. The molecule has 0 aliphatic heterocycles. The lowest BCUT2D eigenvalue weighted by molar-refractivity contribution is 1.14. The fourth-order valence-electron chi connectivity index (χ4n) is 1.14. The van der Waals surface area contributed by atoms with Crippen molar-refractivity contribution >= 4 is 28.8 Å². The third kappa shape index (κ3) is 2.70. The van der Waals surface area contributed by atoms with Crippen molar-refractivity contribution in [2.45, 2.75) is 17.7 Å². The summed E-state index contributed by atoms with van der Waals surface area (Å²) in [7, 11) is 0. The van der Waals surface area contributed by atoms with E-state index >= 15 is 0 Å². The van der Waals surface area contributed by atoms with Crippen molar-refractivity contribution in [3.63, 3.8) is 0 Å². The topological polar surface area (TPSA) is 51.8 Å². The molecule has 5 heteroatoms. The first-order chi connectivity index (χ1) is 7.25. The number of thioether (sulfide) groups is 1. The lowest BCUT2D eigenvalue weighted by atomic mass is 10.4. The van der Waals surface area contributed by atoms with Gasteiger partial charge in [0.05, 0.1) is 10.7 Å². The van der Waals surface area contributed by atoms with Crippen LogP contribution in [0.1, 0.15) is 9.88 Å². The molecule has 0 saturated heterocycles. The van der Waals surface area contributed by atoms with Gasteiger partial charge in [-0.3, -0.25) is 0 Å². The van der Waals surface area contributed by atoms with Crippen molar-refractivity contribution in [1.29, 1.82) is 0 Å². The number of rotatable bonds is 3. The highest BCUT2D eigenvalue weighted by Crippen LogP contribution is 2.27. The van der Waals surface area contributed by atoms with Crippen molar-refractivity contribution in [2.24, 2.45) is 0 Å². The van der Waals surface area contributed by atoms with Gasteiger partial charge in [0.2, 0.25) is 0 Å². The van der Waals surface area contributed by atoms with Crippen LogP contribution in [0.3, 0.4) is 0 Å². The third-order valence-corrected chi connectivity index (χ3v) is 3.99. The van der Waals surface area contributed by atoms with Gasteiger partial charge >= 0.3 is 0 Å². The maximum atomic E-state index is 5.79. The Bertz CT molecular complexity index is 453. The monoisotopic (exact) mass is 237 g/mol.